The highest BCUT2D eigenvalue weighted by atomic mass is 32.1. The molecule has 0 radical (unpaired) electrons. The summed E-state index contributed by atoms with van der Waals surface area (Å²) in [6, 6.07) is 14.1. The molecule has 2 nitrogen and oxygen atoms in total. The number of hydrogen-bond donors (Lipinski definition) is 0. The van der Waals surface area contributed by atoms with Crippen molar-refractivity contribution in [3.05, 3.63) is 58.3 Å². The van der Waals surface area contributed by atoms with Crippen molar-refractivity contribution in [1.29, 1.82) is 0 Å². The second kappa shape index (κ2) is 6.97. The number of esters is 1. The lowest BCUT2D eigenvalue weighted by Gasteiger charge is -2.04. The first-order chi connectivity index (χ1) is 8.84. The normalized spacial score (nSPS) is 10.2. The lowest BCUT2D eigenvalue weighted by atomic mass is 10.1. The molecule has 0 aliphatic carbocycles. The molecule has 0 fully saturated rings. The van der Waals surface area contributed by atoms with Gasteiger partial charge in [-0.2, -0.15) is 0 Å². The monoisotopic (exact) mass is 260 g/mol. The van der Waals surface area contributed by atoms with E-state index in [4.69, 9.17) is 4.74 Å². The highest BCUT2D eigenvalue weighted by Gasteiger charge is 2.05. The summed E-state index contributed by atoms with van der Waals surface area (Å²) in [5.74, 6) is -0.134. The summed E-state index contributed by atoms with van der Waals surface area (Å²) in [5.41, 5.74) is 1.28. The molecule has 0 spiro atoms. The SMILES string of the molecule is O=C(Cc1cccs1)OCCCc1ccccc1. The fraction of sp³-hybridized carbons (Fsp3) is 0.267. The zero-order valence-electron chi connectivity index (χ0n) is 10.2. The minimum atomic E-state index is -0.134. The summed E-state index contributed by atoms with van der Waals surface area (Å²) in [5, 5.41) is 1.97. The van der Waals surface area contributed by atoms with Crippen LogP contribution in [0.1, 0.15) is 16.9 Å². The van der Waals surface area contributed by atoms with E-state index in [0.717, 1.165) is 17.7 Å². The van der Waals surface area contributed by atoms with Gasteiger partial charge in [-0.05, 0) is 29.9 Å². The van der Waals surface area contributed by atoms with Gasteiger partial charge in [-0.1, -0.05) is 36.4 Å². The van der Waals surface area contributed by atoms with E-state index in [9.17, 15) is 4.79 Å². The molecule has 1 heterocycles. The molecule has 0 saturated heterocycles. The molecule has 2 rings (SSSR count). The van der Waals surface area contributed by atoms with Crippen LogP contribution in [0.4, 0.5) is 0 Å². The molecule has 1 aromatic carbocycles. The van der Waals surface area contributed by atoms with Gasteiger partial charge in [0.15, 0.2) is 0 Å². The lowest BCUT2D eigenvalue weighted by molar-refractivity contribution is -0.142. The first-order valence-electron chi connectivity index (χ1n) is 6.06. The summed E-state index contributed by atoms with van der Waals surface area (Å²) < 4.78 is 5.20. The number of thiophene rings is 1. The van der Waals surface area contributed by atoms with Crippen LogP contribution in [0, 0.1) is 0 Å². The summed E-state index contributed by atoms with van der Waals surface area (Å²) in [6.07, 6.45) is 2.22. The Balaban J connectivity index is 1.62. The molecule has 2 aromatic rings. The van der Waals surface area contributed by atoms with Crippen LogP contribution in [-0.2, 0) is 22.4 Å². The van der Waals surface area contributed by atoms with E-state index in [1.807, 2.05) is 35.7 Å². The van der Waals surface area contributed by atoms with Crippen molar-refractivity contribution in [3.63, 3.8) is 0 Å². The quantitative estimate of drug-likeness (QED) is 0.587. The van der Waals surface area contributed by atoms with E-state index in [1.54, 1.807) is 11.3 Å². The summed E-state index contributed by atoms with van der Waals surface area (Å²) in [6.45, 7) is 0.499. The third kappa shape index (κ3) is 4.34. The fourth-order valence-corrected chi connectivity index (χ4v) is 2.40. The van der Waals surface area contributed by atoms with E-state index in [-0.39, 0.29) is 5.97 Å². The molecule has 0 amide bonds. The topological polar surface area (TPSA) is 26.3 Å². The van der Waals surface area contributed by atoms with Crippen LogP contribution in [0.5, 0.6) is 0 Å². The van der Waals surface area contributed by atoms with E-state index in [2.05, 4.69) is 12.1 Å². The molecule has 0 atom stereocenters. The Hall–Kier alpha value is -1.61. The zero-order chi connectivity index (χ0) is 12.6. The minimum Gasteiger partial charge on any atom is -0.465 e. The largest absolute Gasteiger partial charge is 0.465 e. The molecule has 0 N–H and O–H groups in total. The van der Waals surface area contributed by atoms with Crippen molar-refractivity contribution in [2.75, 3.05) is 6.61 Å². The number of benzene rings is 1. The standard InChI is InChI=1S/C15H16O2S/c16-15(12-14-9-5-11-18-14)17-10-4-8-13-6-2-1-3-7-13/h1-3,5-7,9,11H,4,8,10,12H2. The number of carbonyl (C=O) groups is 1. The maximum Gasteiger partial charge on any atom is 0.311 e. The molecule has 18 heavy (non-hydrogen) atoms. The predicted molar refractivity (Wildman–Crippen MR) is 73.7 cm³/mol. The van der Waals surface area contributed by atoms with Gasteiger partial charge in [-0.15, -0.1) is 11.3 Å². The van der Waals surface area contributed by atoms with Gasteiger partial charge in [0.2, 0.25) is 0 Å². The Labute approximate surface area is 111 Å². The van der Waals surface area contributed by atoms with Gasteiger partial charge in [-0.25, -0.2) is 0 Å². The average molecular weight is 260 g/mol. The van der Waals surface area contributed by atoms with Gasteiger partial charge < -0.3 is 4.74 Å². The number of rotatable bonds is 6. The second-order valence-corrected chi connectivity index (χ2v) is 5.10. The van der Waals surface area contributed by atoms with Crippen LogP contribution in [0.2, 0.25) is 0 Å². The van der Waals surface area contributed by atoms with Gasteiger partial charge in [0.1, 0.15) is 0 Å². The molecule has 0 aliphatic rings. The smallest absolute Gasteiger partial charge is 0.311 e. The fourth-order valence-electron chi connectivity index (χ4n) is 1.71. The van der Waals surface area contributed by atoms with Crippen molar-refractivity contribution in [2.24, 2.45) is 0 Å². The highest BCUT2D eigenvalue weighted by molar-refractivity contribution is 7.10. The third-order valence-electron chi connectivity index (χ3n) is 2.61. The zero-order valence-corrected chi connectivity index (χ0v) is 11.0. The molecule has 0 bridgehead atoms. The van der Waals surface area contributed by atoms with E-state index >= 15 is 0 Å². The molecule has 94 valence electrons. The predicted octanol–water partition coefficient (Wildman–Crippen LogP) is 3.47. The summed E-state index contributed by atoms with van der Waals surface area (Å²) in [4.78, 5) is 12.6. The Morgan fingerprint density at radius 1 is 1.11 bits per heavy atom. The van der Waals surface area contributed by atoms with Gasteiger partial charge >= 0.3 is 5.97 Å². The van der Waals surface area contributed by atoms with Gasteiger partial charge in [0.25, 0.3) is 0 Å². The molecular weight excluding hydrogens is 244 g/mol. The van der Waals surface area contributed by atoms with Gasteiger partial charge in [-0.3, -0.25) is 4.79 Å². The number of carbonyl (C=O) groups excluding carboxylic acids is 1. The number of hydrogen-bond acceptors (Lipinski definition) is 3. The first-order valence-corrected chi connectivity index (χ1v) is 6.94. The minimum absolute atomic E-state index is 0.134. The average Bonchev–Trinajstić information content (AvgIpc) is 2.89. The first kappa shape index (κ1) is 12.8. The van der Waals surface area contributed by atoms with Gasteiger partial charge in [0.05, 0.1) is 13.0 Å². The van der Waals surface area contributed by atoms with Crippen LogP contribution in [0.3, 0.4) is 0 Å². The van der Waals surface area contributed by atoms with E-state index < -0.39 is 0 Å². The van der Waals surface area contributed by atoms with Crippen LogP contribution in [0.15, 0.2) is 47.8 Å². The van der Waals surface area contributed by atoms with E-state index in [0.29, 0.717) is 13.0 Å². The van der Waals surface area contributed by atoms with E-state index in [1.165, 1.54) is 5.56 Å². The Morgan fingerprint density at radius 3 is 2.67 bits per heavy atom. The Morgan fingerprint density at radius 2 is 1.94 bits per heavy atom. The van der Waals surface area contributed by atoms with Crippen LogP contribution in [-0.4, -0.2) is 12.6 Å². The lowest BCUT2D eigenvalue weighted by Crippen LogP contribution is -2.08. The van der Waals surface area contributed by atoms with Crippen molar-refractivity contribution in [3.8, 4) is 0 Å². The van der Waals surface area contributed by atoms with Crippen LogP contribution >= 0.6 is 11.3 Å². The van der Waals surface area contributed by atoms with Crippen LogP contribution < -0.4 is 0 Å². The Kier molecular flexibility index (Phi) is 4.97. The van der Waals surface area contributed by atoms with Crippen molar-refractivity contribution >= 4 is 17.3 Å². The third-order valence-corrected chi connectivity index (χ3v) is 3.49. The molecule has 0 unspecified atom stereocenters. The highest BCUT2D eigenvalue weighted by Crippen LogP contribution is 2.10. The van der Waals surface area contributed by atoms with Crippen molar-refractivity contribution in [2.45, 2.75) is 19.3 Å². The molecular formula is C15H16O2S. The van der Waals surface area contributed by atoms with Crippen LogP contribution in [0.25, 0.3) is 0 Å². The van der Waals surface area contributed by atoms with Gasteiger partial charge in [0, 0.05) is 4.88 Å². The van der Waals surface area contributed by atoms with Crippen molar-refractivity contribution < 1.29 is 9.53 Å². The molecule has 0 saturated carbocycles. The second-order valence-electron chi connectivity index (χ2n) is 4.07. The Bertz CT molecular complexity index is 463. The number of aryl methyl sites for hydroxylation is 1. The summed E-state index contributed by atoms with van der Waals surface area (Å²) >= 11 is 1.59. The summed E-state index contributed by atoms with van der Waals surface area (Å²) in [7, 11) is 0. The van der Waals surface area contributed by atoms with Crippen molar-refractivity contribution in [1.82, 2.24) is 0 Å². The number of ether oxygens (including phenoxy) is 1. The maximum absolute atomic E-state index is 11.5. The maximum atomic E-state index is 11.5. The molecule has 3 heteroatoms. The molecule has 1 aromatic heterocycles. The molecule has 0 aliphatic heterocycles.